The maximum absolute atomic E-state index is 12.4. The first-order chi connectivity index (χ1) is 9.58. The SMILES string of the molecule is CC(C(=O)N(C)CCN1CCCC1)c1cccc(N)c1. The van der Waals surface area contributed by atoms with E-state index in [9.17, 15) is 4.79 Å². The number of anilines is 1. The summed E-state index contributed by atoms with van der Waals surface area (Å²) >= 11 is 0. The normalized spacial score (nSPS) is 17.1. The first kappa shape index (κ1) is 14.9. The van der Waals surface area contributed by atoms with Gasteiger partial charge >= 0.3 is 0 Å². The number of hydrogen-bond donors (Lipinski definition) is 1. The van der Waals surface area contributed by atoms with Gasteiger partial charge in [-0.3, -0.25) is 4.79 Å². The second kappa shape index (κ2) is 6.75. The third-order valence-electron chi connectivity index (χ3n) is 4.11. The van der Waals surface area contributed by atoms with Crippen LogP contribution in [0.5, 0.6) is 0 Å². The van der Waals surface area contributed by atoms with Gasteiger partial charge in [0.1, 0.15) is 0 Å². The number of rotatable bonds is 5. The average molecular weight is 275 g/mol. The van der Waals surface area contributed by atoms with Gasteiger partial charge in [0, 0.05) is 25.8 Å². The summed E-state index contributed by atoms with van der Waals surface area (Å²) in [5.41, 5.74) is 7.48. The van der Waals surface area contributed by atoms with Crippen LogP contribution in [-0.2, 0) is 4.79 Å². The van der Waals surface area contributed by atoms with Crippen LogP contribution in [-0.4, -0.2) is 48.9 Å². The lowest BCUT2D eigenvalue weighted by Crippen LogP contribution is -2.37. The standard InChI is InChI=1S/C16H25N3O/c1-13(14-6-5-7-15(17)12-14)16(20)18(2)10-11-19-8-3-4-9-19/h5-7,12-13H,3-4,8-11,17H2,1-2H3. The largest absolute Gasteiger partial charge is 0.399 e. The van der Waals surface area contributed by atoms with E-state index in [1.165, 1.54) is 25.9 Å². The first-order valence-electron chi connectivity index (χ1n) is 7.40. The molecule has 4 nitrogen and oxygen atoms in total. The lowest BCUT2D eigenvalue weighted by molar-refractivity contribution is -0.131. The first-order valence-corrected chi connectivity index (χ1v) is 7.40. The van der Waals surface area contributed by atoms with Crippen molar-refractivity contribution in [2.75, 3.05) is 39.0 Å². The van der Waals surface area contributed by atoms with Crippen molar-refractivity contribution in [3.8, 4) is 0 Å². The number of nitrogen functional groups attached to an aromatic ring is 1. The highest BCUT2D eigenvalue weighted by atomic mass is 16.2. The summed E-state index contributed by atoms with van der Waals surface area (Å²) in [7, 11) is 1.89. The molecule has 0 aliphatic carbocycles. The van der Waals surface area contributed by atoms with Crippen LogP contribution >= 0.6 is 0 Å². The van der Waals surface area contributed by atoms with Gasteiger partial charge in [0.2, 0.25) is 5.91 Å². The Labute approximate surface area is 121 Å². The highest BCUT2D eigenvalue weighted by Crippen LogP contribution is 2.19. The molecule has 4 heteroatoms. The minimum atomic E-state index is -0.137. The third-order valence-corrected chi connectivity index (χ3v) is 4.11. The molecule has 1 aliphatic rings. The summed E-state index contributed by atoms with van der Waals surface area (Å²) < 4.78 is 0. The van der Waals surface area contributed by atoms with Crippen molar-refractivity contribution in [1.82, 2.24) is 9.80 Å². The lowest BCUT2D eigenvalue weighted by atomic mass is 9.99. The summed E-state index contributed by atoms with van der Waals surface area (Å²) in [6.45, 7) is 6.07. The van der Waals surface area contributed by atoms with E-state index in [0.29, 0.717) is 5.69 Å². The molecule has 1 aliphatic heterocycles. The van der Waals surface area contributed by atoms with Gasteiger partial charge in [-0.2, -0.15) is 0 Å². The van der Waals surface area contributed by atoms with Gasteiger partial charge in [-0.25, -0.2) is 0 Å². The molecular weight excluding hydrogens is 250 g/mol. The number of likely N-dealkylation sites (N-methyl/N-ethyl adjacent to an activating group) is 1. The molecule has 2 rings (SSSR count). The number of nitrogens with two attached hydrogens (primary N) is 1. The second-order valence-electron chi connectivity index (χ2n) is 5.70. The van der Waals surface area contributed by atoms with Crippen molar-refractivity contribution >= 4 is 11.6 Å². The number of nitrogens with zero attached hydrogens (tertiary/aromatic N) is 2. The topological polar surface area (TPSA) is 49.6 Å². The van der Waals surface area contributed by atoms with Gasteiger partial charge < -0.3 is 15.5 Å². The lowest BCUT2D eigenvalue weighted by Gasteiger charge is -2.24. The molecule has 110 valence electrons. The second-order valence-corrected chi connectivity index (χ2v) is 5.70. The van der Waals surface area contributed by atoms with Crippen LogP contribution in [0.1, 0.15) is 31.2 Å². The van der Waals surface area contributed by atoms with Crippen LogP contribution < -0.4 is 5.73 Å². The summed E-state index contributed by atoms with van der Waals surface area (Å²) in [5, 5.41) is 0. The number of benzene rings is 1. The van der Waals surface area contributed by atoms with Crippen LogP contribution in [0.4, 0.5) is 5.69 Å². The van der Waals surface area contributed by atoms with E-state index < -0.39 is 0 Å². The third kappa shape index (κ3) is 3.73. The zero-order chi connectivity index (χ0) is 14.5. The predicted molar refractivity (Wildman–Crippen MR) is 82.6 cm³/mol. The number of likely N-dealkylation sites (tertiary alicyclic amines) is 1. The fourth-order valence-electron chi connectivity index (χ4n) is 2.71. The fraction of sp³-hybridized carbons (Fsp3) is 0.562. The maximum Gasteiger partial charge on any atom is 0.229 e. The Balaban J connectivity index is 1.88. The highest BCUT2D eigenvalue weighted by molar-refractivity contribution is 5.83. The Bertz CT molecular complexity index is 455. The number of hydrogen-bond acceptors (Lipinski definition) is 3. The van der Waals surface area contributed by atoms with E-state index in [-0.39, 0.29) is 11.8 Å². The average Bonchev–Trinajstić information content (AvgIpc) is 2.96. The molecule has 0 aromatic heterocycles. The van der Waals surface area contributed by atoms with Crippen molar-refractivity contribution in [2.24, 2.45) is 0 Å². The van der Waals surface area contributed by atoms with Crippen molar-refractivity contribution in [1.29, 1.82) is 0 Å². The molecule has 1 fully saturated rings. The molecule has 0 radical (unpaired) electrons. The molecule has 1 amide bonds. The van der Waals surface area contributed by atoms with Gasteiger partial charge in [0.05, 0.1) is 5.92 Å². The summed E-state index contributed by atoms with van der Waals surface area (Å²) in [6, 6.07) is 7.60. The van der Waals surface area contributed by atoms with Gasteiger partial charge in [0.15, 0.2) is 0 Å². The molecule has 1 atom stereocenters. The molecule has 1 aromatic rings. The quantitative estimate of drug-likeness (QED) is 0.835. The summed E-state index contributed by atoms with van der Waals surface area (Å²) in [5.74, 6) is 0.0249. The van der Waals surface area contributed by atoms with E-state index in [0.717, 1.165) is 18.7 Å². The van der Waals surface area contributed by atoms with Crippen LogP contribution in [0.2, 0.25) is 0 Å². The molecular formula is C16H25N3O. The number of amides is 1. The Morgan fingerprint density at radius 1 is 1.40 bits per heavy atom. The van der Waals surface area contributed by atoms with Crippen LogP contribution in [0.25, 0.3) is 0 Å². The minimum Gasteiger partial charge on any atom is -0.399 e. The molecule has 1 saturated heterocycles. The zero-order valence-corrected chi connectivity index (χ0v) is 12.5. The van der Waals surface area contributed by atoms with Crippen molar-refractivity contribution in [3.05, 3.63) is 29.8 Å². The summed E-state index contributed by atoms with van der Waals surface area (Å²) in [4.78, 5) is 16.7. The molecule has 1 aromatic carbocycles. The molecule has 0 saturated carbocycles. The molecule has 2 N–H and O–H groups in total. The Hall–Kier alpha value is -1.55. The zero-order valence-electron chi connectivity index (χ0n) is 12.5. The Morgan fingerprint density at radius 2 is 2.10 bits per heavy atom. The summed E-state index contributed by atoms with van der Waals surface area (Å²) in [6.07, 6.45) is 2.58. The number of carbonyl (C=O) groups is 1. The molecule has 1 heterocycles. The van der Waals surface area contributed by atoms with Crippen molar-refractivity contribution in [3.63, 3.8) is 0 Å². The molecule has 20 heavy (non-hydrogen) atoms. The van der Waals surface area contributed by atoms with Crippen LogP contribution in [0.3, 0.4) is 0 Å². The van der Waals surface area contributed by atoms with Crippen LogP contribution in [0, 0.1) is 0 Å². The van der Waals surface area contributed by atoms with E-state index in [4.69, 9.17) is 5.73 Å². The van der Waals surface area contributed by atoms with Gasteiger partial charge in [-0.1, -0.05) is 12.1 Å². The molecule has 1 unspecified atom stereocenters. The van der Waals surface area contributed by atoms with Crippen molar-refractivity contribution in [2.45, 2.75) is 25.7 Å². The number of carbonyl (C=O) groups excluding carboxylic acids is 1. The fourth-order valence-corrected chi connectivity index (χ4v) is 2.71. The highest BCUT2D eigenvalue weighted by Gasteiger charge is 2.20. The smallest absolute Gasteiger partial charge is 0.229 e. The predicted octanol–water partition coefficient (Wildman–Crippen LogP) is 1.93. The minimum absolute atomic E-state index is 0.137. The Kier molecular flexibility index (Phi) is 5.01. The van der Waals surface area contributed by atoms with E-state index in [1.54, 1.807) is 0 Å². The van der Waals surface area contributed by atoms with Gasteiger partial charge in [-0.15, -0.1) is 0 Å². The van der Waals surface area contributed by atoms with Crippen LogP contribution in [0.15, 0.2) is 24.3 Å². The Morgan fingerprint density at radius 3 is 2.75 bits per heavy atom. The van der Waals surface area contributed by atoms with Gasteiger partial charge in [-0.05, 0) is 50.6 Å². The molecule has 0 bridgehead atoms. The van der Waals surface area contributed by atoms with E-state index >= 15 is 0 Å². The van der Waals surface area contributed by atoms with E-state index in [2.05, 4.69) is 4.90 Å². The van der Waals surface area contributed by atoms with Crippen molar-refractivity contribution < 1.29 is 4.79 Å². The molecule has 0 spiro atoms. The monoisotopic (exact) mass is 275 g/mol. The van der Waals surface area contributed by atoms with Gasteiger partial charge in [0.25, 0.3) is 0 Å². The maximum atomic E-state index is 12.4. The van der Waals surface area contributed by atoms with E-state index in [1.807, 2.05) is 43.1 Å².